The van der Waals surface area contributed by atoms with E-state index in [2.05, 4.69) is 25.9 Å². The number of carbonyl (C=O) groups is 1. The number of hydrogen-bond acceptors (Lipinski definition) is 6. The van der Waals surface area contributed by atoms with E-state index in [0.29, 0.717) is 17.1 Å². The molecule has 0 aliphatic heterocycles. The maximum atomic E-state index is 12.0. The minimum absolute atomic E-state index is 0.341. The molecule has 92 valence electrons. The van der Waals surface area contributed by atoms with Crippen molar-refractivity contribution in [3.8, 4) is 0 Å². The Balaban J connectivity index is 2.24. The second-order valence-electron chi connectivity index (χ2n) is 3.58. The van der Waals surface area contributed by atoms with Crippen LogP contribution >= 0.6 is 0 Å². The highest BCUT2D eigenvalue weighted by Gasteiger charge is 2.12. The summed E-state index contributed by atoms with van der Waals surface area (Å²) in [5.41, 5.74) is 4.07. The molecule has 0 atom stereocenters. The summed E-state index contributed by atoms with van der Waals surface area (Å²) in [5.74, 6) is 5.38. The third-order valence-corrected chi connectivity index (χ3v) is 2.25. The molecule has 0 unspecified atom stereocenters. The van der Waals surface area contributed by atoms with Crippen LogP contribution in [0.15, 0.2) is 30.6 Å². The molecule has 7 nitrogen and oxygen atoms in total. The predicted molar refractivity (Wildman–Crippen MR) is 66.8 cm³/mol. The zero-order valence-corrected chi connectivity index (χ0v) is 9.71. The molecule has 2 aromatic rings. The van der Waals surface area contributed by atoms with Gasteiger partial charge in [0.2, 0.25) is 0 Å². The number of nitrogens with one attached hydrogen (secondary N) is 2. The summed E-state index contributed by atoms with van der Waals surface area (Å²) in [6, 6.07) is 5.01. The minimum Gasteiger partial charge on any atom is -0.323 e. The first-order chi connectivity index (χ1) is 8.70. The summed E-state index contributed by atoms with van der Waals surface area (Å²) in [6.45, 7) is 1.81. The number of amides is 1. The highest BCUT2D eigenvalue weighted by molar-refractivity contribution is 6.07. The van der Waals surface area contributed by atoms with Crippen molar-refractivity contribution >= 4 is 17.4 Å². The van der Waals surface area contributed by atoms with Crippen LogP contribution in [0.1, 0.15) is 16.1 Å². The van der Waals surface area contributed by atoms with Gasteiger partial charge in [-0.15, -0.1) is 5.10 Å². The van der Waals surface area contributed by atoms with Gasteiger partial charge in [-0.2, -0.15) is 5.10 Å². The average Bonchev–Trinajstić information content (AvgIpc) is 2.39. The summed E-state index contributed by atoms with van der Waals surface area (Å²) < 4.78 is 0. The topological polar surface area (TPSA) is 106 Å². The first-order valence-corrected chi connectivity index (χ1v) is 5.23. The number of nitrogens with two attached hydrogens (primary N) is 1. The van der Waals surface area contributed by atoms with E-state index in [0.717, 1.165) is 5.69 Å². The maximum absolute atomic E-state index is 12.0. The van der Waals surface area contributed by atoms with Gasteiger partial charge in [0.25, 0.3) is 5.91 Å². The zero-order valence-electron chi connectivity index (χ0n) is 9.71. The molecule has 2 heterocycles. The van der Waals surface area contributed by atoms with E-state index in [9.17, 15) is 4.79 Å². The van der Waals surface area contributed by atoms with Gasteiger partial charge in [-0.1, -0.05) is 0 Å². The molecular formula is C11H12N6O. The predicted octanol–water partition coefficient (Wildman–Crippen LogP) is 0.718. The fourth-order valence-electron chi connectivity index (χ4n) is 1.41. The van der Waals surface area contributed by atoms with Crippen molar-refractivity contribution in [3.05, 3.63) is 41.9 Å². The fourth-order valence-corrected chi connectivity index (χ4v) is 1.41. The van der Waals surface area contributed by atoms with Gasteiger partial charge in [-0.05, 0) is 25.1 Å². The number of carbonyl (C=O) groups excluding carboxylic acids is 1. The second kappa shape index (κ2) is 5.19. The molecule has 0 radical (unpaired) electrons. The molecule has 0 fully saturated rings. The normalized spacial score (nSPS) is 9.89. The minimum atomic E-state index is -0.351. The molecule has 0 bridgehead atoms. The van der Waals surface area contributed by atoms with E-state index >= 15 is 0 Å². The molecule has 4 N–H and O–H groups in total. The van der Waals surface area contributed by atoms with Crippen LogP contribution in [0.4, 0.5) is 11.5 Å². The van der Waals surface area contributed by atoms with Crippen molar-refractivity contribution in [3.63, 3.8) is 0 Å². The van der Waals surface area contributed by atoms with Crippen molar-refractivity contribution in [2.45, 2.75) is 6.92 Å². The SMILES string of the molecule is Cc1cc(NN)c(C(=O)Nc2cccnn2)cn1. The van der Waals surface area contributed by atoms with Gasteiger partial charge in [0, 0.05) is 18.1 Å². The van der Waals surface area contributed by atoms with Gasteiger partial charge in [-0.3, -0.25) is 15.6 Å². The summed E-state index contributed by atoms with van der Waals surface area (Å²) in [7, 11) is 0. The second-order valence-corrected chi connectivity index (χ2v) is 3.58. The van der Waals surface area contributed by atoms with Gasteiger partial charge < -0.3 is 10.7 Å². The van der Waals surface area contributed by atoms with Crippen LogP contribution in [0.5, 0.6) is 0 Å². The lowest BCUT2D eigenvalue weighted by molar-refractivity contribution is 0.102. The lowest BCUT2D eigenvalue weighted by Crippen LogP contribution is -2.18. The molecule has 0 saturated carbocycles. The molecule has 0 aliphatic carbocycles. The van der Waals surface area contributed by atoms with Crippen molar-refractivity contribution in [1.29, 1.82) is 0 Å². The third-order valence-electron chi connectivity index (χ3n) is 2.25. The standard InChI is InChI=1S/C11H12N6O/c1-7-5-9(16-12)8(6-13-7)11(18)15-10-3-2-4-14-17-10/h2-6H,12H2,1H3,(H,13,16)(H,15,17,18). The van der Waals surface area contributed by atoms with Crippen molar-refractivity contribution in [1.82, 2.24) is 15.2 Å². The van der Waals surface area contributed by atoms with E-state index in [-0.39, 0.29) is 5.91 Å². The molecular weight excluding hydrogens is 232 g/mol. The van der Waals surface area contributed by atoms with Crippen molar-refractivity contribution in [2.24, 2.45) is 5.84 Å². The number of hydrogen-bond donors (Lipinski definition) is 3. The first kappa shape index (κ1) is 11.9. The van der Waals surface area contributed by atoms with Crippen LogP contribution < -0.4 is 16.6 Å². The Labute approximate surface area is 103 Å². The Morgan fingerprint density at radius 3 is 2.94 bits per heavy atom. The molecule has 0 saturated heterocycles. The number of nitrogen functional groups attached to an aromatic ring is 1. The summed E-state index contributed by atoms with van der Waals surface area (Å²) in [5, 5.41) is 10.0. The van der Waals surface area contributed by atoms with Gasteiger partial charge in [0.05, 0.1) is 11.3 Å². The van der Waals surface area contributed by atoms with Crippen LogP contribution in [0.25, 0.3) is 0 Å². The Hall–Kier alpha value is -2.54. The fraction of sp³-hybridized carbons (Fsp3) is 0.0909. The number of aromatic nitrogens is 3. The highest BCUT2D eigenvalue weighted by atomic mass is 16.1. The van der Waals surface area contributed by atoms with E-state index in [4.69, 9.17) is 5.84 Å². The Bertz CT molecular complexity index is 557. The number of aryl methyl sites for hydroxylation is 1. The van der Waals surface area contributed by atoms with Crippen molar-refractivity contribution < 1.29 is 4.79 Å². The van der Waals surface area contributed by atoms with Gasteiger partial charge >= 0.3 is 0 Å². The van der Waals surface area contributed by atoms with Gasteiger partial charge in [0.15, 0.2) is 5.82 Å². The first-order valence-electron chi connectivity index (χ1n) is 5.23. The monoisotopic (exact) mass is 244 g/mol. The lowest BCUT2D eigenvalue weighted by atomic mass is 10.2. The molecule has 2 aromatic heterocycles. The smallest absolute Gasteiger partial charge is 0.260 e. The molecule has 0 spiro atoms. The molecule has 0 aromatic carbocycles. The summed E-state index contributed by atoms with van der Waals surface area (Å²) in [4.78, 5) is 16.0. The highest BCUT2D eigenvalue weighted by Crippen LogP contribution is 2.15. The number of nitrogens with zero attached hydrogens (tertiary/aromatic N) is 3. The number of rotatable bonds is 3. The van der Waals surface area contributed by atoms with E-state index in [1.54, 1.807) is 18.2 Å². The van der Waals surface area contributed by atoms with E-state index in [1.165, 1.54) is 12.4 Å². The quantitative estimate of drug-likeness (QED) is 0.542. The summed E-state index contributed by atoms with van der Waals surface area (Å²) in [6.07, 6.45) is 2.98. The van der Waals surface area contributed by atoms with E-state index in [1.807, 2.05) is 6.92 Å². The third kappa shape index (κ3) is 2.58. The van der Waals surface area contributed by atoms with Crippen LogP contribution in [-0.4, -0.2) is 21.1 Å². The number of pyridine rings is 1. The molecule has 1 amide bonds. The largest absolute Gasteiger partial charge is 0.323 e. The Morgan fingerprint density at radius 2 is 2.28 bits per heavy atom. The van der Waals surface area contributed by atoms with Crippen molar-refractivity contribution in [2.75, 3.05) is 10.7 Å². The van der Waals surface area contributed by atoms with Gasteiger partial charge in [-0.25, -0.2) is 0 Å². The lowest BCUT2D eigenvalue weighted by Gasteiger charge is -2.09. The van der Waals surface area contributed by atoms with Crippen LogP contribution in [0.3, 0.4) is 0 Å². The van der Waals surface area contributed by atoms with Crippen LogP contribution in [0, 0.1) is 6.92 Å². The Kier molecular flexibility index (Phi) is 3.44. The molecule has 0 aliphatic rings. The molecule has 2 rings (SSSR count). The molecule has 18 heavy (non-hydrogen) atoms. The Morgan fingerprint density at radius 1 is 1.44 bits per heavy atom. The maximum Gasteiger partial charge on any atom is 0.260 e. The van der Waals surface area contributed by atoms with Crippen LogP contribution in [0.2, 0.25) is 0 Å². The number of hydrazine groups is 1. The van der Waals surface area contributed by atoms with Crippen LogP contribution in [-0.2, 0) is 0 Å². The summed E-state index contributed by atoms with van der Waals surface area (Å²) >= 11 is 0. The van der Waals surface area contributed by atoms with Gasteiger partial charge in [0.1, 0.15) is 0 Å². The zero-order chi connectivity index (χ0) is 13.0. The average molecular weight is 244 g/mol. The molecule has 7 heteroatoms. The number of anilines is 2. The van der Waals surface area contributed by atoms with E-state index < -0.39 is 0 Å².